The molecule has 0 saturated carbocycles. The van der Waals surface area contributed by atoms with E-state index in [2.05, 4.69) is 0 Å². The van der Waals surface area contributed by atoms with E-state index >= 15 is 0 Å². The number of rotatable bonds is 1. The van der Waals surface area contributed by atoms with Crippen LogP contribution >= 0.6 is 0 Å². The van der Waals surface area contributed by atoms with Crippen LogP contribution in [0.4, 0.5) is 4.79 Å². The molecule has 94 valence electrons. The number of nitrogens with zero attached hydrogens (tertiary/aromatic N) is 1. The van der Waals surface area contributed by atoms with Crippen molar-refractivity contribution in [2.45, 2.75) is 26.4 Å². The van der Waals surface area contributed by atoms with E-state index in [0.717, 1.165) is 0 Å². The molecule has 2 N–H and O–H groups in total. The molecule has 0 bridgehead atoms. The highest BCUT2D eigenvalue weighted by Crippen LogP contribution is 2.13. The number of hydrogen-bond donors (Lipinski definition) is 1. The normalized spacial score (nSPS) is 22.8. The zero-order valence-electron chi connectivity index (χ0n) is 10.4. The first-order valence-corrected chi connectivity index (χ1v) is 5.68. The SMILES string of the molecule is CC(C)(C)OC(=O)N1CCOC[C@@H](CN)C1. The first-order chi connectivity index (χ1) is 7.42. The molecular formula is C11H22N2O3. The number of carbonyl (C=O) groups is 1. The molecule has 5 heteroatoms. The number of carbonyl (C=O) groups excluding carboxylic acids is 1. The van der Waals surface area contributed by atoms with Crippen LogP contribution in [0.2, 0.25) is 0 Å². The van der Waals surface area contributed by atoms with Gasteiger partial charge in [-0.15, -0.1) is 0 Å². The van der Waals surface area contributed by atoms with Crippen LogP contribution in [0.5, 0.6) is 0 Å². The second-order valence-electron chi connectivity index (χ2n) is 5.10. The molecule has 1 fully saturated rings. The van der Waals surface area contributed by atoms with E-state index in [4.69, 9.17) is 15.2 Å². The molecule has 5 nitrogen and oxygen atoms in total. The van der Waals surface area contributed by atoms with E-state index in [-0.39, 0.29) is 12.0 Å². The Morgan fingerprint density at radius 3 is 2.81 bits per heavy atom. The van der Waals surface area contributed by atoms with Crippen LogP contribution < -0.4 is 5.73 Å². The van der Waals surface area contributed by atoms with Crippen LogP contribution in [0.1, 0.15) is 20.8 Å². The van der Waals surface area contributed by atoms with Crippen LogP contribution in [0.25, 0.3) is 0 Å². The van der Waals surface area contributed by atoms with Crippen molar-refractivity contribution in [3.63, 3.8) is 0 Å². The predicted octanol–water partition coefficient (Wildman–Crippen LogP) is 0.829. The maximum atomic E-state index is 11.8. The molecule has 0 aromatic heterocycles. The van der Waals surface area contributed by atoms with Gasteiger partial charge in [-0.1, -0.05) is 0 Å². The summed E-state index contributed by atoms with van der Waals surface area (Å²) in [5.41, 5.74) is 5.15. The molecule has 1 rings (SSSR count). The molecule has 0 aliphatic carbocycles. The maximum Gasteiger partial charge on any atom is 0.410 e. The molecule has 0 unspecified atom stereocenters. The van der Waals surface area contributed by atoms with Gasteiger partial charge in [-0.3, -0.25) is 0 Å². The summed E-state index contributed by atoms with van der Waals surface area (Å²) in [6.07, 6.45) is -0.281. The summed E-state index contributed by atoms with van der Waals surface area (Å²) in [5.74, 6) is 0.204. The van der Waals surface area contributed by atoms with Gasteiger partial charge in [0.25, 0.3) is 0 Å². The second-order valence-corrected chi connectivity index (χ2v) is 5.10. The summed E-state index contributed by atoms with van der Waals surface area (Å²) in [6.45, 7) is 8.47. The van der Waals surface area contributed by atoms with Crippen molar-refractivity contribution < 1.29 is 14.3 Å². The van der Waals surface area contributed by atoms with Crippen molar-refractivity contribution in [2.24, 2.45) is 11.7 Å². The topological polar surface area (TPSA) is 64.8 Å². The Labute approximate surface area is 96.9 Å². The average Bonchev–Trinajstić information content (AvgIpc) is 2.39. The molecule has 1 aliphatic heterocycles. The Balaban J connectivity index is 2.53. The fourth-order valence-electron chi connectivity index (χ4n) is 1.52. The molecule has 1 heterocycles. The molecular weight excluding hydrogens is 208 g/mol. The van der Waals surface area contributed by atoms with Gasteiger partial charge in [0, 0.05) is 19.0 Å². The highest BCUT2D eigenvalue weighted by molar-refractivity contribution is 5.68. The fourth-order valence-corrected chi connectivity index (χ4v) is 1.52. The third-order valence-electron chi connectivity index (χ3n) is 2.32. The minimum absolute atomic E-state index is 0.204. The number of nitrogens with two attached hydrogens (primary N) is 1. The fraction of sp³-hybridized carbons (Fsp3) is 0.909. The first kappa shape index (κ1) is 13.3. The molecule has 1 amide bonds. The minimum Gasteiger partial charge on any atom is -0.444 e. The molecule has 1 aliphatic rings. The van der Waals surface area contributed by atoms with Crippen molar-refractivity contribution >= 4 is 6.09 Å². The minimum atomic E-state index is -0.456. The Kier molecular flexibility index (Phi) is 4.56. The Hall–Kier alpha value is -0.810. The number of ether oxygens (including phenoxy) is 2. The second kappa shape index (κ2) is 5.50. The van der Waals surface area contributed by atoms with E-state index in [1.54, 1.807) is 4.90 Å². The summed E-state index contributed by atoms with van der Waals surface area (Å²) in [6, 6.07) is 0. The smallest absolute Gasteiger partial charge is 0.410 e. The standard InChI is InChI=1S/C11H22N2O3/c1-11(2,3)16-10(14)13-4-5-15-8-9(6-12)7-13/h9H,4-8,12H2,1-3H3/t9-/m0/s1. The van der Waals surface area contributed by atoms with E-state index < -0.39 is 5.60 Å². The van der Waals surface area contributed by atoms with E-state index in [0.29, 0.717) is 32.8 Å². The van der Waals surface area contributed by atoms with Crippen LogP contribution in [-0.2, 0) is 9.47 Å². The highest BCUT2D eigenvalue weighted by atomic mass is 16.6. The van der Waals surface area contributed by atoms with Crippen molar-refractivity contribution in [3.8, 4) is 0 Å². The third kappa shape index (κ3) is 4.37. The highest BCUT2D eigenvalue weighted by Gasteiger charge is 2.25. The van der Waals surface area contributed by atoms with Gasteiger partial charge in [-0.2, -0.15) is 0 Å². The summed E-state index contributed by atoms with van der Waals surface area (Å²) < 4.78 is 10.7. The largest absolute Gasteiger partial charge is 0.444 e. The first-order valence-electron chi connectivity index (χ1n) is 5.68. The van der Waals surface area contributed by atoms with Gasteiger partial charge < -0.3 is 20.1 Å². The molecule has 0 aromatic rings. The van der Waals surface area contributed by atoms with Gasteiger partial charge in [-0.05, 0) is 27.3 Å². The van der Waals surface area contributed by atoms with E-state index in [1.807, 2.05) is 20.8 Å². The van der Waals surface area contributed by atoms with Crippen molar-refractivity contribution in [1.29, 1.82) is 0 Å². The van der Waals surface area contributed by atoms with Gasteiger partial charge >= 0.3 is 6.09 Å². The molecule has 0 aromatic carbocycles. The number of hydrogen-bond acceptors (Lipinski definition) is 4. The monoisotopic (exact) mass is 230 g/mol. The van der Waals surface area contributed by atoms with Gasteiger partial charge in [0.1, 0.15) is 5.60 Å². The van der Waals surface area contributed by atoms with Gasteiger partial charge in [0.15, 0.2) is 0 Å². The summed E-state index contributed by atoms with van der Waals surface area (Å²) >= 11 is 0. The third-order valence-corrected chi connectivity index (χ3v) is 2.32. The van der Waals surface area contributed by atoms with Gasteiger partial charge in [0.2, 0.25) is 0 Å². The molecule has 0 spiro atoms. The average molecular weight is 230 g/mol. The number of amides is 1. The Morgan fingerprint density at radius 1 is 1.56 bits per heavy atom. The molecule has 1 saturated heterocycles. The lowest BCUT2D eigenvalue weighted by Crippen LogP contribution is -2.41. The van der Waals surface area contributed by atoms with E-state index in [9.17, 15) is 4.79 Å². The van der Waals surface area contributed by atoms with Crippen LogP contribution in [-0.4, -0.2) is 49.4 Å². The molecule has 16 heavy (non-hydrogen) atoms. The van der Waals surface area contributed by atoms with Crippen molar-refractivity contribution in [1.82, 2.24) is 4.90 Å². The zero-order chi connectivity index (χ0) is 12.2. The van der Waals surface area contributed by atoms with Gasteiger partial charge in [-0.25, -0.2) is 4.79 Å². The molecule has 1 atom stereocenters. The molecule has 0 radical (unpaired) electrons. The van der Waals surface area contributed by atoms with Crippen LogP contribution in [0.15, 0.2) is 0 Å². The van der Waals surface area contributed by atoms with Gasteiger partial charge in [0.05, 0.1) is 13.2 Å². The van der Waals surface area contributed by atoms with Crippen LogP contribution in [0, 0.1) is 5.92 Å². The van der Waals surface area contributed by atoms with Crippen LogP contribution in [0.3, 0.4) is 0 Å². The zero-order valence-corrected chi connectivity index (χ0v) is 10.4. The lowest BCUT2D eigenvalue weighted by atomic mass is 10.1. The quantitative estimate of drug-likeness (QED) is 0.724. The maximum absolute atomic E-state index is 11.8. The lowest BCUT2D eigenvalue weighted by Gasteiger charge is -2.27. The summed E-state index contributed by atoms with van der Waals surface area (Å²) in [5, 5.41) is 0. The summed E-state index contributed by atoms with van der Waals surface area (Å²) in [7, 11) is 0. The van der Waals surface area contributed by atoms with Crippen molar-refractivity contribution in [2.75, 3.05) is 32.8 Å². The van der Waals surface area contributed by atoms with E-state index in [1.165, 1.54) is 0 Å². The summed E-state index contributed by atoms with van der Waals surface area (Å²) in [4.78, 5) is 13.5. The lowest BCUT2D eigenvalue weighted by molar-refractivity contribution is 0.0234. The Bertz CT molecular complexity index is 238. The predicted molar refractivity (Wildman–Crippen MR) is 61.2 cm³/mol. The Morgan fingerprint density at radius 2 is 2.25 bits per heavy atom. The van der Waals surface area contributed by atoms with Crippen molar-refractivity contribution in [3.05, 3.63) is 0 Å².